The van der Waals surface area contributed by atoms with Crippen molar-refractivity contribution < 1.29 is 4.39 Å². The van der Waals surface area contributed by atoms with Crippen LogP contribution in [0.4, 0.5) is 10.1 Å². The molecular weight excluding hydrogens is 239 g/mol. The Morgan fingerprint density at radius 2 is 1.95 bits per heavy atom. The van der Waals surface area contributed by atoms with Crippen molar-refractivity contribution in [1.29, 1.82) is 0 Å². The highest BCUT2D eigenvalue weighted by molar-refractivity contribution is 5.56. The Bertz CT molecular complexity index is 446. The maximum atomic E-state index is 13.3. The third kappa shape index (κ3) is 2.36. The van der Waals surface area contributed by atoms with Crippen LogP contribution in [0.3, 0.4) is 0 Å². The van der Waals surface area contributed by atoms with Gasteiger partial charge in [-0.25, -0.2) is 4.39 Å². The van der Waals surface area contributed by atoms with Crippen LogP contribution in [0.15, 0.2) is 18.2 Å². The highest BCUT2D eigenvalue weighted by Crippen LogP contribution is 2.40. The first kappa shape index (κ1) is 12.9. The van der Waals surface area contributed by atoms with Crippen molar-refractivity contribution in [3.63, 3.8) is 0 Å². The minimum absolute atomic E-state index is 0.129. The Hall–Kier alpha value is -1.09. The van der Waals surface area contributed by atoms with E-state index in [2.05, 4.69) is 17.1 Å². The summed E-state index contributed by atoms with van der Waals surface area (Å²) >= 11 is 0. The van der Waals surface area contributed by atoms with Gasteiger partial charge in [-0.15, -0.1) is 0 Å². The molecule has 3 heteroatoms. The van der Waals surface area contributed by atoms with Crippen LogP contribution in [0.1, 0.15) is 38.2 Å². The molecular formula is C16H23FN2. The standard InChI is InChI=1S/C16H23FN2/c1-3-18-13-9-14-5-6-15(10-13)19(14)16-7-4-12(17)8-11(16)2/h4,7-8,13-15,18H,3,5-6,9-10H2,1-2H3. The van der Waals surface area contributed by atoms with Crippen molar-refractivity contribution in [3.05, 3.63) is 29.6 Å². The first-order chi connectivity index (χ1) is 9.19. The maximum absolute atomic E-state index is 13.3. The number of halogens is 1. The molecule has 3 rings (SSSR count). The monoisotopic (exact) mass is 262 g/mol. The molecule has 2 atom stereocenters. The lowest BCUT2D eigenvalue weighted by Crippen LogP contribution is -2.49. The van der Waals surface area contributed by atoms with Crippen molar-refractivity contribution in [1.82, 2.24) is 5.32 Å². The molecule has 2 saturated heterocycles. The Kier molecular flexibility index (Phi) is 3.48. The van der Waals surface area contributed by atoms with Gasteiger partial charge in [0.05, 0.1) is 0 Å². The maximum Gasteiger partial charge on any atom is 0.123 e. The number of nitrogens with one attached hydrogen (secondary N) is 1. The number of fused-ring (bicyclic) bond motifs is 2. The van der Waals surface area contributed by atoms with Crippen molar-refractivity contribution in [2.75, 3.05) is 11.4 Å². The Labute approximate surface area is 115 Å². The molecule has 1 aromatic carbocycles. The van der Waals surface area contributed by atoms with Crippen LogP contribution in [0, 0.1) is 12.7 Å². The summed E-state index contributed by atoms with van der Waals surface area (Å²) in [7, 11) is 0. The number of anilines is 1. The summed E-state index contributed by atoms with van der Waals surface area (Å²) in [4.78, 5) is 2.56. The van der Waals surface area contributed by atoms with Crippen LogP contribution in [0.25, 0.3) is 0 Å². The molecule has 2 aliphatic rings. The molecule has 2 bridgehead atoms. The second-order valence-electron chi connectivity index (χ2n) is 5.95. The molecule has 19 heavy (non-hydrogen) atoms. The summed E-state index contributed by atoms with van der Waals surface area (Å²) in [6, 6.07) is 7.14. The van der Waals surface area contributed by atoms with E-state index < -0.39 is 0 Å². The van der Waals surface area contributed by atoms with Gasteiger partial charge in [-0.05, 0) is 62.9 Å². The van der Waals surface area contributed by atoms with Crippen LogP contribution >= 0.6 is 0 Å². The largest absolute Gasteiger partial charge is 0.365 e. The first-order valence-corrected chi connectivity index (χ1v) is 7.47. The molecule has 2 fully saturated rings. The van der Waals surface area contributed by atoms with E-state index in [1.165, 1.54) is 31.4 Å². The quantitative estimate of drug-likeness (QED) is 0.899. The van der Waals surface area contributed by atoms with Crippen molar-refractivity contribution in [2.45, 2.75) is 57.7 Å². The summed E-state index contributed by atoms with van der Waals surface area (Å²) < 4.78 is 13.3. The van der Waals surface area contributed by atoms with E-state index in [4.69, 9.17) is 0 Å². The van der Waals surface area contributed by atoms with Gasteiger partial charge >= 0.3 is 0 Å². The van der Waals surface area contributed by atoms with Crippen LogP contribution < -0.4 is 10.2 Å². The number of rotatable bonds is 3. The van der Waals surface area contributed by atoms with Gasteiger partial charge in [-0.3, -0.25) is 0 Å². The molecule has 0 amide bonds. The van der Waals surface area contributed by atoms with E-state index >= 15 is 0 Å². The first-order valence-electron chi connectivity index (χ1n) is 7.47. The second-order valence-corrected chi connectivity index (χ2v) is 5.95. The zero-order valence-corrected chi connectivity index (χ0v) is 11.8. The van der Waals surface area contributed by atoms with E-state index in [0.29, 0.717) is 18.1 Å². The normalized spacial score (nSPS) is 29.8. The Balaban J connectivity index is 1.83. The molecule has 0 saturated carbocycles. The average Bonchev–Trinajstić information content (AvgIpc) is 2.63. The van der Waals surface area contributed by atoms with E-state index in [1.807, 2.05) is 13.0 Å². The van der Waals surface area contributed by atoms with Gasteiger partial charge in [0.25, 0.3) is 0 Å². The van der Waals surface area contributed by atoms with E-state index in [0.717, 1.165) is 12.1 Å². The second kappa shape index (κ2) is 5.12. The number of benzene rings is 1. The van der Waals surface area contributed by atoms with Gasteiger partial charge in [0, 0.05) is 23.8 Å². The van der Waals surface area contributed by atoms with Gasteiger partial charge in [-0.2, -0.15) is 0 Å². The van der Waals surface area contributed by atoms with Crippen LogP contribution in [0.2, 0.25) is 0 Å². The predicted molar refractivity (Wildman–Crippen MR) is 77.1 cm³/mol. The van der Waals surface area contributed by atoms with Gasteiger partial charge < -0.3 is 10.2 Å². The van der Waals surface area contributed by atoms with Crippen molar-refractivity contribution in [2.24, 2.45) is 0 Å². The number of hydrogen-bond donors (Lipinski definition) is 1. The molecule has 0 aliphatic carbocycles. The molecule has 1 N–H and O–H groups in total. The van der Waals surface area contributed by atoms with E-state index in [9.17, 15) is 4.39 Å². The molecule has 0 spiro atoms. The fourth-order valence-electron chi connectivity index (χ4n) is 3.93. The molecule has 2 heterocycles. The summed E-state index contributed by atoms with van der Waals surface area (Å²) in [6.07, 6.45) is 5.01. The fourth-order valence-corrected chi connectivity index (χ4v) is 3.93. The SMILES string of the molecule is CCNC1CC2CCC(C1)N2c1ccc(F)cc1C. The van der Waals surface area contributed by atoms with E-state index in [1.54, 1.807) is 12.1 Å². The molecule has 104 valence electrons. The summed E-state index contributed by atoms with van der Waals surface area (Å²) in [5, 5.41) is 3.59. The Morgan fingerprint density at radius 1 is 1.26 bits per heavy atom. The summed E-state index contributed by atoms with van der Waals surface area (Å²) in [5.41, 5.74) is 2.31. The van der Waals surface area contributed by atoms with Crippen molar-refractivity contribution in [3.8, 4) is 0 Å². The molecule has 2 unspecified atom stereocenters. The number of nitrogens with zero attached hydrogens (tertiary/aromatic N) is 1. The topological polar surface area (TPSA) is 15.3 Å². The minimum Gasteiger partial charge on any atom is -0.365 e. The lowest BCUT2D eigenvalue weighted by atomic mass is 9.95. The highest BCUT2D eigenvalue weighted by atomic mass is 19.1. The Morgan fingerprint density at radius 3 is 2.53 bits per heavy atom. The molecule has 2 aliphatic heterocycles. The zero-order valence-electron chi connectivity index (χ0n) is 11.8. The predicted octanol–water partition coefficient (Wildman–Crippen LogP) is 3.24. The lowest BCUT2D eigenvalue weighted by molar-refractivity contribution is 0.361. The minimum atomic E-state index is -0.129. The van der Waals surface area contributed by atoms with Crippen LogP contribution in [-0.2, 0) is 0 Å². The lowest BCUT2D eigenvalue weighted by Gasteiger charge is -2.41. The summed E-state index contributed by atoms with van der Waals surface area (Å²) in [5.74, 6) is -0.129. The van der Waals surface area contributed by atoms with Gasteiger partial charge in [0.15, 0.2) is 0 Å². The van der Waals surface area contributed by atoms with Crippen LogP contribution in [0.5, 0.6) is 0 Å². The molecule has 2 nitrogen and oxygen atoms in total. The molecule has 0 radical (unpaired) electrons. The number of hydrogen-bond acceptors (Lipinski definition) is 2. The third-order valence-corrected chi connectivity index (χ3v) is 4.66. The third-order valence-electron chi connectivity index (χ3n) is 4.66. The smallest absolute Gasteiger partial charge is 0.123 e. The van der Waals surface area contributed by atoms with Gasteiger partial charge in [-0.1, -0.05) is 6.92 Å². The highest BCUT2D eigenvalue weighted by Gasteiger charge is 2.40. The van der Waals surface area contributed by atoms with E-state index in [-0.39, 0.29) is 5.82 Å². The van der Waals surface area contributed by atoms with Gasteiger partial charge in [0.1, 0.15) is 5.82 Å². The molecule has 1 aromatic rings. The molecule has 0 aromatic heterocycles. The average molecular weight is 262 g/mol. The number of aryl methyl sites for hydroxylation is 1. The van der Waals surface area contributed by atoms with Crippen LogP contribution in [-0.4, -0.2) is 24.7 Å². The van der Waals surface area contributed by atoms with Gasteiger partial charge in [0.2, 0.25) is 0 Å². The summed E-state index contributed by atoms with van der Waals surface area (Å²) in [6.45, 7) is 5.26. The van der Waals surface area contributed by atoms with Crippen molar-refractivity contribution >= 4 is 5.69 Å². The fraction of sp³-hybridized carbons (Fsp3) is 0.625. The number of piperidine rings is 1. The zero-order chi connectivity index (χ0) is 13.4.